The van der Waals surface area contributed by atoms with Crippen molar-refractivity contribution in [3.05, 3.63) is 83.8 Å². The SMILES string of the molecule is Cc1nc(NC(=O)c2cc(C)n(-c3ccccc3)n2)sc1-c1ccccc1. The molecule has 0 aliphatic rings. The maximum atomic E-state index is 12.6. The molecule has 0 saturated heterocycles. The number of hydrogen-bond donors (Lipinski definition) is 1. The topological polar surface area (TPSA) is 59.8 Å². The zero-order valence-electron chi connectivity index (χ0n) is 15.0. The Morgan fingerprint density at radius 3 is 2.37 bits per heavy atom. The highest BCUT2D eigenvalue weighted by Gasteiger charge is 2.16. The van der Waals surface area contributed by atoms with Gasteiger partial charge in [0.25, 0.3) is 5.91 Å². The van der Waals surface area contributed by atoms with Crippen LogP contribution in [0, 0.1) is 13.8 Å². The number of thiazole rings is 1. The number of anilines is 1. The number of amides is 1. The lowest BCUT2D eigenvalue weighted by Crippen LogP contribution is -2.13. The van der Waals surface area contributed by atoms with Gasteiger partial charge in [0.15, 0.2) is 10.8 Å². The number of hydrogen-bond acceptors (Lipinski definition) is 4. The molecule has 6 heteroatoms. The van der Waals surface area contributed by atoms with Gasteiger partial charge in [-0.25, -0.2) is 9.67 Å². The molecule has 0 unspecified atom stereocenters. The molecular weight excluding hydrogens is 356 g/mol. The van der Waals surface area contributed by atoms with Crippen LogP contribution in [0.3, 0.4) is 0 Å². The molecule has 1 amide bonds. The van der Waals surface area contributed by atoms with Crippen LogP contribution in [0.25, 0.3) is 16.1 Å². The summed E-state index contributed by atoms with van der Waals surface area (Å²) in [5.74, 6) is -0.263. The fraction of sp³-hybridized carbons (Fsp3) is 0.0952. The van der Waals surface area contributed by atoms with E-state index in [4.69, 9.17) is 0 Å². The fourth-order valence-corrected chi connectivity index (χ4v) is 3.85. The minimum atomic E-state index is -0.263. The van der Waals surface area contributed by atoms with Crippen molar-refractivity contribution in [1.82, 2.24) is 14.8 Å². The highest BCUT2D eigenvalue weighted by Crippen LogP contribution is 2.32. The van der Waals surface area contributed by atoms with Crippen molar-refractivity contribution in [3.8, 4) is 16.1 Å². The van der Waals surface area contributed by atoms with Gasteiger partial charge in [0.2, 0.25) is 0 Å². The Bertz CT molecular complexity index is 1080. The first kappa shape index (κ1) is 17.2. The third-order valence-electron chi connectivity index (χ3n) is 4.17. The summed E-state index contributed by atoms with van der Waals surface area (Å²) >= 11 is 1.47. The van der Waals surface area contributed by atoms with Crippen LogP contribution in [0.2, 0.25) is 0 Å². The first-order valence-electron chi connectivity index (χ1n) is 8.58. The summed E-state index contributed by atoms with van der Waals surface area (Å²) in [5.41, 5.74) is 4.17. The van der Waals surface area contributed by atoms with Crippen LogP contribution in [0.1, 0.15) is 21.9 Å². The summed E-state index contributed by atoms with van der Waals surface area (Å²) < 4.78 is 1.76. The smallest absolute Gasteiger partial charge is 0.277 e. The average Bonchev–Trinajstić information content (AvgIpc) is 3.26. The fourth-order valence-electron chi connectivity index (χ4n) is 2.88. The van der Waals surface area contributed by atoms with Gasteiger partial charge >= 0.3 is 0 Å². The summed E-state index contributed by atoms with van der Waals surface area (Å²) in [6, 6.07) is 21.6. The molecule has 0 spiro atoms. The second-order valence-corrected chi connectivity index (χ2v) is 7.17. The molecule has 2 aromatic heterocycles. The standard InChI is InChI=1S/C21H18N4OS/c1-14-13-18(24-25(14)17-11-7-4-8-12-17)20(26)23-21-22-15(2)19(27-21)16-9-5-3-6-10-16/h3-13H,1-2H3,(H,22,23,26). The van der Waals surface area contributed by atoms with Crippen LogP contribution in [0.4, 0.5) is 5.13 Å². The number of nitrogens with zero attached hydrogens (tertiary/aromatic N) is 3. The Hall–Kier alpha value is -3.25. The van der Waals surface area contributed by atoms with Crippen molar-refractivity contribution in [2.45, 2.75) is 13.8 Å². The number of nitrogens with one attached hydrogen (secondary N) is 1. The van der Waals surface area contributed by atoms with E-state index in [9.17, 15) is 4.79 Å². The molecule has 1 N–H and O–H groups in total. The summed E-state index contributed by atoms with van der Waals surface area (Å²) in [6.45, 7) is 3.88. The predicted molar refractivity (Wildman–Crippen MR) is 109 cm³/mol. The van der Waals surface area contributed by atoms with E-state index in [-0.39, 0.29) is 5.91 Å². The van der Waals surface area contributed by atoms with Crippen LogP contribution < -0.4 is 5.32 Å². The first-order valence-corrected chi connectivity index (χ1v) is 9.40. The molecule has 0 saturated carbocycles. The Balaban J connectivity index is 1.57. The molecule has 0 aliphatic heterocycles. The van der Waals surface area contributed by atoms with Crippen LogP contribution in [-0.4, -0.2) is 20.7 Å². The van der Waals surface area contributed by atoms with E-state index in [1.54, 1.807) is 10.7 Å². The highest BCUT2D eigenvalue weighted by molar-refractivity contribution is 7.19. The predicted octanol–water partition coefficient (Wildman–Crippen LogP) is 4.86. The number of benzene rings is 2. The monoisotopic (exact) mass is 374 g/mol. The number of aryl methyl sites for hydroxylation is 2. The van der Waals surface area contributed by atoms with Gasteiger partial charge in [0.05, 0.1) is 16.3 Å². The molecular formula is C21H18N4OS. The van der Waals surface area contributed by atoms with E-state index in [1.807, 2.05) is 74.5 Å². The third-order valence-corrected chi connectivity index (χ3v) is 5.30. The minimum absolute atomic E-state index is 0.263. The van der Waals surface area contributed by atoms with Crippen LogP contribution in [-0.2, 0) is 0 Å². The van der Waals surface area contributed by atoms with E-state index in [0.717, 1.165) is 27.5 Å². The molecule has 134 valence electrons. The van der Waals surface area contributed by atoms with Crippen LogP contribution in [0.5, 0.6) is 0 Å². The summed E-state index contributed by atoms with van der Waals surface area (Å²) in [6.07, 6.45) is 0. The van der Waals surface area contributed by atoms with Crippen molar-refractivity contribution in [1.29, 1.82) is 0 Å². The lowest BCUT2D eigenvalue weighted by atomic mass is 10.2. The highest BCUT2D eigenvalue weighted by atomic mass is 32.1. The van der Waals surface area contributed by atoms with Crippen molar-refractivity contribution in [3.63, 3.8) is 0 Å². The first-order chi connectivity index (χ1) is 13.1. The second kappa shape index (κ2) is 7.17. The zero-order valence-corrected chi connectivity index (χ0v) is 15.8. The minimum Gasteiger partial charge on any atom is -0.296 e. The van der Waals surface area contributed by atoms with E-state index < -0.39 is 0 Å². The molecule has 0 radical (unpaired) electrons. The van der Waals surface area contributed by atoms with Crippen LogP contribution in [0.15, 0.2) is 66.7 Å². The second-order valence-electron chi connectivity index (χ2n) is 6.17. The van der Waals surface area contributed by atoms with Gasteiger partial charge in [-0.1, -0.05) is 59.9 Å². The molecule has 4 aromatic rings. The largest absolute Gasteiger partial charge is 0.296 e. The van der Waals surface area contributed by atoms with Crippen molar-refractivity contribution < 1.29 is 4.79 Å². The van der Waals surface area contributed by atoms with Gasteiger partial charge in [0, 0.05) is 5.69 Å². The summed E-state index contributed by atoms with van der Waals surface area (Å²) in [5, 5.41) is 7.89. The summed E-state index contributed by atoms with van der Waals surface area (Å²) in [4.78, 5) is 18.2. The van der Waals surface area contributed by atoms with Gasteiger partial charge in [0.1, 0.15) is 0 Å². The lowest BCUT2D eigenvalue weighted by Gasteiger charge is -2.02. The molecule has 0 aliphatic carbocycles. The van der Waals surface area contributed by atoms with Gasteiger partial charge in [-0.2, -0.15) is 5.10 Å². The van der Waals surface area contributed by atoms with E-state index in [2.05, 4.69) is 15.4 Å². The number of carbonyl (C=O) groups excluding carboxylic acids is 1. The Morgan fingerprint density at radius 2 is 1.67 bits per heavy atom. The normalized spacial score (nSPS) is 10.7. The number of aromatic nitrogens is 3. The van der Waals surface area contributed by atoms with Crippen molar-refractivity contribution in [2.24, 2.45) is 0 Å². The van der Waals surface area contributed by atoms with Gasteiger partial charge in [-0.05, 0) is 37.6 Å². The summed E-state index contributed by atoms with van der Waals surface area (Å²) in [7, 11) is 0. The molecule has 0 bridgehead atoms. The molecule has 2 aromatic carbocycles. The Morgan fingerprint density at radius 1 is 1.00 bits per heavy atom. The average molecular weight is 374 g/mol. The van der Waals surface area contributed by atoms with Gasteiger partial charge < -0.3 is 0 Å². The van der Waals surface area contributed by atoms with Gasteiger partial charge in [-0.15, -0.1) is 0 Å². The Kier molecular flexibility index (Phi) is 4.56. The third kappa shape index (κ3) is 3.52. The van der Waals surface area contributed by atoms with E-state index in [1.165, 1.54) is 11.3 Å². The maximum absolute atomic E-state index is 12.6. The zero-order chi connectivity index (χ0) is 18.8. The number of para-hydroxylation sites is 1. The number of carbonyl (C=O) groups is 1. The molecule has 27 heavy (non-hydrogen) atoms. The van der Waals surface area contributed by atoms with Crippen molar-refractivity contribution in [2.75, 3.05) is 5.32 Å². The van der Waals surface area contributed by atoms with E-state index in [0.29, 0.717) is 10.8 Å². The number of rotatable bonds is 4. The van der Waals surface area contributed by atoms with Gasteiger partial charge in [-0.3, -0.25) is 10.1 Å². The quantitative estimate of drug-likeness (QED) is 0.555. The molecule has 0 atom stereocenters. The lowest BCUT2D eigenvalue weighted by molar-refractivity contribution is 0.102. The maximum Gasteiger partial charge on any atom is 0.277 e. The molecule has 0 fully saturated rings. The van der Waals surface area contributed by atoms with E-state index >= 15 is 0 Å². The Labute approximate surface area is 161 Å². The molecule has 5 nitrogen and oxygen atoms in total. The van der Waals surface area contributed by atoms with Crippen molar-refractivity contribution >= 4 is 22.4 Å². The van der Waals surface area contributed by atoms with Crippen LogP contribution >= 0.6 is 11.3 Å². The molecule has 4 rings (SSSR count). The molecule has 2 heterocycles.